The highest BCUT2D eigenvalue weighted by atomic mass is 16.4. The van der Waals surface area contributed by atoms with Gasteiger partial charge in [0.15, 0.2) is 5.41 Å². The summed E-state index contributed by atoms with van der Waals surface area (Å²) >= 11 is 0. The van der Waals surface area contributed by atoms with Gasteiger partial charge in [0.1, 0.15) is 0 Å². The number of hydrogen-bond acceptors (Lipinski definition) is 3. The topological polar surface area (TPSA) is 94.9 Å². The molecule has 1 aliphatic carbocycles. The predicted octanol–water partition coefficient (Wildman–Crippen LogP) is 1.30. The van der Waals surface area contributed by atoms with Gasteiger partial charge in [-0.15, -0.1) is 0 Å². The maximum Gasteiger partial charge on any atom is 0.320 e. The molecule has 2 N–H and O–H groups in total. The summed E-state index contributed by atoms with van der Waals surface area (Å²) in [5.74, 6) is -3.41. The summed E-state index contributed by atoms with van der Waals surface area (Å²) in [4.78, 5) is 36.4. The lowest BCUT2D eigenvalue weighted by Crippen LogP contribution is -2.45. The number of carboxylic acid groups (broad SMARTS) is 2. The number of carbonyl (C=O) groups is 3. The molecule has 1 rings (SSSR count). The molecule has 0 aromatic carbocycles. The van der Waals surface area contributed by atoms with Crippen molar-refractivity contribution in [1.82, 2.24) is 4.90 Å². The highest BCUT2D eigenvalue weighted by Crippen LogP contribution is 2.78. The highest BCUT2D eigenvalue weighted by Gasteiger charge is 2.86. The van der Waals surface area contributed by atoms with Crippen molar-refractivity contribution in [3.05, 3.63) is 0 Å². The molecular weight excluding hydrogens is 262 g/mol. The quantitative estimate of drug-likeness (QED) is 0.742. The Labute approximate surface area is 118 Å². The normalized spacial score (nSPS) is 22.7. The number of nitrogens with zero attached hydrogens (tertiary/aromatic N) is 1. The molecule has 6 heteroatoms. The minimum Gasteiger partial charge on any atom is -0.481 e. The summed E-state index contributed by atoms with van der Waals surface area (Å²) in [5.41, 5.74) is -2.85. The third-order valence-electron chi connectivity index (χ3n) is 5.33. The smallest absolute Gasteiger partial charge is 0.320 e. The van der Waals surface area contributed by atoms with E-state index in [9.17, 15) is 19.5 Å². The molecule has 1 fully saturated rings. The average molecular weight is 285 g/mol. The maximum absolute atomic E-state index is 12.6. The number of carbonyl (C=O) groups excluding carboxylic acids is 1. The third-order valence-corrected chi connectivity index (χ3v) is 5.33. The van der Waals surface area contributed by atoms with Crippen molar-refractivity contribution in [1.29, 1.82) is 0 Å². The molecule has 0 aliphatic heterocycles. The van der Waals surface area contributed by atoms with Crippen LogP contribution in [0.4, 0.5) is 0 Å². The largest absolute Gasteiger partial charge is 0.481 e. The molecule has 1 unspecified atom stereocenters. The van der Waals surface area contributed by atoms with Gasteiger partial charge in [-0.05, 0) is 10.8 Å². The van der Waals surface area contributed by atoms with Crippen LogP contribution in [-0.4, -0.2) is 46.6 Å². The first-order chi connectivity index (χ1) is 8.85. The van der Waals surface area contributed by atoms with Crippen molar-refractivity contribution in [3.8, 4) is 0 Å². The molecule has 1 amide bonds. The van der Waals surface area contributed by atoms with Crippen LogP contribution in [0.25, 0.3) is 0 Å². The minimum absolute atomic E-state index is 0.00461. The zero-order valence-electron chi connectivity index (χ0n) is 12.9. The van der Waals surface area contributed by atoms with Gasteiger partial charge in [-0.3, -0.25) is 14.4 Å². The number of hydrogen-bond donors (Lipinski definition) is 2. The van der Waals surface area contributed by atoms with E-state index in [1.54, 1.807) is 27.7 Å². The molecule has 0 spiro atoms. The second kappa shape index (κ2) is 4.46. The number of rotatable bonds is 5. The first kappa shape index (κ1) is 16.5. The monoisotopic (exact) mass is 285 g/mol. The third kappa shape index (κ3) is 1.73. The molecule has 0 aromatic heterocycles. The Hall–Kier alpha value is -1.59. The van der Waals surface area contributed by atoms with Crippen LogP contribution in [0.3, 0.4) is 0 Å². The summed E-state index contributed by atoms with van der Waals surface area (Å²) in [5, 5.41) is 18.5. The Balaban J connectivity index is 3.07. The van der Waals surface area contributed by atoms with Crippen LogP contribution in [-0.2, 0) is 14.4 Å². The van der Waals surface area contributed by atoms with Crippen LogP contribution in [0.2, 0.25) is 0 Å². The van der Waals surface area contributed by atoms with Gasteiger partial charge in [0, 0.05) is 13.6 Å². The van der Waals surface area contributed by atoms with E-state index in [4.69, 9.17) is 5.11 Å². The number of aliphatic carboxylic acids is 2. The van der Waals surface area contributed by atoms with Crippen molar-refractivity contribution in [2.24, 2.45) is 22.2 Å². The van der Waals surface area contributed by atoms with E-state index in [1.807, 2.05) is 0 Å². The fourth-order valence-electron chi connectivity index (χ4n) is 3.33. The molecule has 20 heavy (non-hydrogen) atoms. The first-order valence-corrected chi connectivity index (χ1v) is 6.57. The van der Waals surface area contributed by atoms with Crippen molar-refractivity contribution >= 4 is 17.8 Å². The fraction of sp³-hybridized carbons (Fsp3) is 0.786. The summed E-state index contributed by atoms with van der Waals surface area (Å²) in [6.07, 6.45) is 0. The van der Waals surface area contributed by atoms with E-state index in [1.165, 1.54) is 18.9 Å². The van der Waals surface area contributed by atoms with Crippen molar-refractivity contribution < 1.29 is 24.6 Å². The van der Waals surface area contributed by atoms with E-state index in [-0.39, 0.29) is 6.54 Å². The molecule has 6 nitrogen and oxygen atoms in total. The van der Waals surface area contributed by atoms with Crippen LogP contribution in [0.15, 0.2) is 0 Å². The number of carboxylic acids is 2. The molecule has 0 heterocycles. The Morgan fingerprint density at radius 3 is 1.70 bits per heavy atom. The number of amides is 1. The zero-order valence-corrected chi connectivity index (χ0v) is 12.9. The van der Waals surface area contributed by atoms with Crippen molar-refractivity contribution in [2.45, 2.75) is 34.6 Å². The highest BCUT2D eigenvalue weighted by molar-refractivity contribution is 6.08. The summed E-state index contributed by atoms with van der Waals surface area (Å²) in [6.45, 7) is 8.51. The average Bonchev–Trinajstić information content (AvgIpc) is 2.64. The summed E-state index contributed by atoms with van der Waals surface area (Å²) < 4.78 is 0. The second-order valence-electron chi connectivity index (χ2n) is 6.73. The SMILES string of the molecule is CC(CN(C)C(=O)C1(C(=O)O)C(C)(C)C1(C)C)C(=O)O. The standard InChI is InChI=1S/C14H23NO5/c1-8(9(16)17)7-15(6)10(18)14(11(19)20)12(2,3)13(14,4)5/h8H,7H2,1-6H3,(H,16,17)(H,19,20). The predicted molar refractivity (Wildman–Crippen MR) is 72.1 cm³/mol. The van der Waals surface area contributed by atoms with Gasteiger partial charge < -0.3 is 15.1 Å². The van der Waals surface area contributed by atoms with E-state index < -0.39 is 40.0 Å². The summed E-state index contributed by atoms with van der Waals surface area (Å²) in [6, 6.07) is 0. The lowest BCUT2D eigenvalue weighted by atomic mass is 9.92. The van der Waals surface area contributed by atoms with Gasteiger partial charge in [-0.25, -0.2) is 0 Å². The van der Waals surface area contributed by atoms with Crippen LogP contribution in [0.5, 0.6) is 0 Å². The molecule has 0 saturated heterocycles. The molecule has 0 radical (unpaired) electrons. The van der Waals surface area contributed by atoms with Gasteiger partial charge in [-0.1, -0.05) is 34.6 Å². The van der Waals surface area contributed by atoms with Crippen LogP contribution < -0.4 is 0 Å². The molecule has 0 bridgehead atoms. The fourth-order valence-corrected chi connectivity index (χ4v) is 3.33. The van der Waals surface area contributed by atoms with Gasteiger partial charge in [-0.2, -0.15) is 0 Å². The lowest BCUT2D eigenvalue weighted by Gasteiger charge is -2.25. The maximum atomic E-state index is 12.6. The van der Waals surface area contributed by atoms with Gasteiger partial charge in [0.2, 0.25) is 5.91 Å². The van der Waals surface area contributed by atoms with Crippen molar-refractivity contribution in [3.63, 3.8) is 0 Å². The molecule has 1 atom stereocenters. The van der Waals surface area contributed by atoms with Crippen LogP contribution in [0.1, 0.15) is 34.6 Å². The van der Waals surface area contributed by atoms with Gasteiger partial charge in [0.25, 0.3) is 0 Å². The van der Waals surface area contributed by atoms with Gasteiger partial charge in [0.05, 0.1) is 5.92 Å². The lowest BCUT2D eigenvalue weighted by molar-refractivity contribution is -0.156. The van der Waals surface area contributed by atoms with Crippen LogP contribution >= 0.6 is 0 Å². The molecular formula is C14H23NO5. The zero-order chi connectivity index (χ0) is 16.1. The Kier molecular flexibility index (Phi) is 3.67. The molecule has 1 aliphatic rings. The van der Waals surface area contributed by atoms with E-state index in [2.05, 4.69) is 0 Å². The Morgan fingerprint density at radius 2 is 1.45 bits per heavy atom. The second-order valence-corrected chi connectivity index (χ2v) is 6.73. The first-order valence-electron chi connectivity index (χ1n) is 6.57. The van der Waals surface area contributed by atoms with Gasteiger partial charge >= 0.3 is 11.9 Å². The molecule has 114 valence electrons. The molecule has 0 aromatic rings. The van der Waals surface area contributed by atoms with E-state index in [0.29, 0.717) is 0 Å². The van der Waals surface area contributed by atoms with E-state index in [0.717, 1.165) is 0 Å². The Bertz CT molecular complexity index is 452. The Morgan fingerprint density at radius 1 is 1.05 bits per heavy atom. The van der Waals surface area contributed by atoms with Crippen LogP contribution in [0, 0.1) is 22.2 Å². The van der Waals surface area contributed by atoms with E-state index >= 15 is 0 Å². The minimum atomic E-state index is -1.49. The summed E-state index contributed by atoms with van der Waals surface area (Å²) in [7, 11) is 1.46. The molecule has 1 saturated carbocycles. The van der Waals surface area contributed by atoms with Crippen molar-refractivity contribution in [2.75, 3.05) is 13.6 Å².